The highest BCUT2D eigenvalue weighted by atomic mass is 16.7. The van der Waals surface area contributed by atoms with E-state index in [2.05, 4.69) is 15.1 Å². The van der Waals surface area contributed by atoms with Crippen molar-refractivity contribution in [2.24, 2.45) is 0 Å². The third-order valence-electron chi connectivity index (χ3n) is 6.81. The lowest BCUT2D eigenvalue weighted by Gasteiger charge is -2.35. The number of aromatic nitrogens is 2. The number of hydrogen-bond acceptors (Lipinski definition) is 6. The monoisotopic (exact) mass is 494 g/mol. The molecule has 3 heterocycles. The SMILES string of the molecule is O=C(c1c(-c2ccccc2)c(-c2ccccc2)n[nH]c1=O)N1CCN(Cc2ccc3c(c2)OCO3)CC1. The van der Waals surface area contributed by atoms with E-state index in [0.29, 0.717) is 37.4 Å². The van der Waals surface area contributed by atoms with Gasteiger partial charge in [-0.1, -0.05) is 66.7 Å². The average molecular weight is 495 g/mol. The number of ether oxygens (including phenoxy) is 2. The topological polar surface area (TPSA) is 87.8 Å². The molecular formula is C29H26N4O4. The number of aromatic amines is 1. The van der Waals surface area contributed by atoms with Crippen LogP contribution in [0, 0.1) is 0 Å². The fraction of sp³-hybridized carbons (Fsp3) is 0.207. The first-order valence-corrected chi connectivity index (χ1v) is 12.3. The maximum atomic E-state index is 13.8. The van der Waals surface area contributed by atoms with Crippen molar-refractivity contribution < 1.29 is 14.3 Å². The summed E-state index contributed by atoms with van der Waals surface area (Å²) in [6.07, 6.45) is 0. The number of hydrogen-bond donors (Lipinski definition) is 1. The van der Waals surface area contributed by atoms with Gasteiger partial charge >= 0.3 is 0 Å². The smallest absolute Gasteiger partial charge is 0.277 e. The van der Waals surface area contributed by atoms with Crippen LogP contribution in [0.4, 0.5) is 0 Å². The van der Waals surface area contributed by atoms with E-state index < -0.39 is 5.56 Å². The minimum absolute atomic E-state index is 0.129. The minimum atomic E-state index is -0.480. The molecule has 0 radical (unpaired) electrons. The van der Waals surface area contributed by atoms with Crippen LogP contribution in [0.2, 0.25) is 0 Å². The van der Waals surface area contributed by atoms with Crippen molar-refractivity contribution in [3.8, 4) is 33.9 Å². The molecule has 37 heavy (non-hydrogen) atoms. The lowest BCUT2D eigenvalue weighted by molar-refractivity contribution is 0.0627. The fourth-order valence-corrected chi connectivity index (χ4v) is 4.91. The molecule has 8 nitrogen and oxygen atoms in total. The highest BCUT2D eigenvalue weighted by Crippen LogP contribution is 2.34. The number of benzene rings is 3. The molecule has 0 saturated carbocycles. The van der Waals surface area contributed by atoms with E-state index in [1.807, 2.05) is 78.9 Å². The lowest BCUT2D eigenvalue weighted by Crippen LogP contribution is -2.49. The number of piperazine rings is 1. The molecule has 1 saturated heterocycles. The molecule has 0 unspecified atom stereocenters. The van der Waals surface area contributed by atoms with Crippen LogP contribution in [0.15, 0.2) is 83.7 Å². The normalized spacial score (nSPS) is 15.1. The highest BCUT2D eigenvalue weighted by Gasteiger charge is 2.29. The van der Waals surface area contributed by atoms with Gasteiger partial charge in [0.05, 0.1) is 5.69 Å². The molecular weight excluding hydrogens is 468 g/mol. The molecule has 0 atom stereocenters. The van der Waals surface area contributed by atoms with Crippen LogP contribution in [0.25, 0.3) is 22.4 Å². The molecule has 2 aliphatic rings. The van der Waals surface area contributed by atoms with Gasteiger partial charge in [-0.2, -0.15) is 5.10 Å². The van der Waals surface area contributed by atoms with Gasteiger partial charge in [0.2, 0.25) is 6.79 Å². The van der Waals surface area contributed by atoms with Crippen molar-refractivity contribution >= 4 is 5.91 Å². The summed E-state index contributed by atoms with van der Waals surface area (Å²) >= 11 is 0. The van der Waals surface area contributed by atoms with Crippen molar-refractivity contribution in [3.05, 3.63) is 100 Å². The summed E-state index contributed by atoms with van der Waals surface area (Å²) in [6, 6.07) is 25.1. The number of carbonyl (C=O) groups is 1. The Morgan fingerprint density at radius 3 is 2.24 bits per heavy atom. The highest BCUT2D eigenvalue weighted by molar-refractivity contribution is 6.03. The molecule has 3 aromatic carbocycles. The van der Waals surface area contributed by atoms with Gasteiger partial charge in [-0.3, -0.25) is 14.5 Å². The second-order valence-electron chi connectivity index (χ2n) is 9.14. The Labute approximate surface area is 214 Å². The number of nitrogens with zero attached hydrogens (tertiary/aromatic N) is 3. The van der Waals surface area contributed by atoms with Crippen LogP contribution >= 0.6 is 0 Å². The van der Waals surface area contributed by atoms with E-state index in [4.69, 9.17) is 9.47 Å². The zero-order chi connectivity index (χ0) is 25.2. The molecule has 0 spiro atoms. The Hall–Kier alpha value is -4.43. The first kappa shape index (κ1) is 23.0. The Balaban J connectivity index is 1.26. The van der Waals surface area contributed by atoms with Crippen LogP contribution in [-0.4, -0.2) is 58.9 Å². The molecule has 0 aliphatic carbocycles. The summed E-state index contributed by atoms with van der Waals surface area (Å²) in [4.78, 5) is 31.0. The number of H-pyrrole nitrogens is 1. The summed E-state index contributed by atoms with van der Waals surface area (Å²) in [6.45, 7) is 3.47. The number of fused-ring (bicyclic) bond motifs is 1. The van der Waals surface area contributed by atoms with Gasteiger partial charge in [0, 0.05) is 43.9 Å². The van der Waals surface area contributed by atoms with Crippen LogP contribution in [0.3, 0.4) is 0 Å². The summed E-state index contributed by atoms with van der Waals surface area (Å²) in [7, 11) is 0. The van der Waals surface area contributed by atoms with Crippen LogP contribution in [0.5, 0.6) is 11.5 Å². The molecule has 2 aliphatic heterocycles. The maximum Gasteiger partial charge on any atom is 0.277 e. The van der Waals surface area contributed by atoms with Gasteiger partial charge in [-0.15, -0.1) is 0 Å². The fourth-order valence-electron chi connectivity index (χ4n) is 4.91. The van der Waals surface area contributed by atoms with Crippen molar-refractivity contribution in [2.45, 2.75) is 6.54 Å². The van der Waals surface area contributed by atoms with E-state index in [0.717, 1.165) is 34.7 Å². The zero-order valence-corrected chi connectivity index (χ0v) is 20.2. The number of amides is 1. The predicted octanol–water partition coefficient (Wildman–Crippen LogP) is 3.79. The molecule has 1 amide bonds. The van der Waals surface area contributed by atoms with E-state index in [9.17, 15) is 9.59 Å². The van der Waals surface area contributed by atoms with Gasteiger partial charge in [0.25, 0.3) is 11.5 Å². The molecule has 186 valence electrons. The molecule has 1 fully saturated rings. The largest absolute Gasteiger partial charge is 0.454 e. The summed E-state index contributed by atoms with van der Waals surface area (Å²) in [5.74, 6) is 1.26. The molecule has 1 N–H and O–H groups in total. The maximum absolute atomic E-state index is 13.8. The van der Waals surface area contributed by atoms with Crippen LogP contribution in [-0.2, 0) is 6.54 Å². The van der Waals surface area contributed by atoms with Crippen molar-refractivity contribution in [2.75, 3.05) is 33.0 Å². The zero-order valence-electron chi connectivity index (χ0n) is 20.2. The van der Waals surface area contributed by atoms with Gasteiger partial charge in [0.1, 0.15) is 5.56 Å². The lowest BCUT2D eigenvalue weighted by atomic mass is 9.95. The Morgan fingerprint density at radius 2 is 1.51 bits per heavy atom. The molecule has 6 rings (SSSR count). The second kappa shape index (κ2) is 9.91. The molecule has 1 aromatic heterocycles. The Kier molecular flexibility index (Phi) is 6.16. The first-order chi connectivity index (χ1) is 18.2. The van der Waals surface area contributed by atoms with Gasteiger partial charge in [-0.25, -0.2) is 5.10 Å². The van der Waals surface area contributed by atoms with E-state index in [1.54, 1.807) is 4.90 Å². The molecule has 4 aromatic rings. The minimum Gasteiger partial charge on any atom is -0.454 e. The first-order valence-electron chi connectivity index (χ1n) is 12.3. The summed E-state index contributed by atoms with van der Waals surface area (Å²) < 4.78 is 10.9. The van der Waals surface area contributed by atoms with E-state index >= 15 is 0 Å². The number of rotatable bonds is 5. The standard InChI is InChI=1S/C29H26N4O4/c34-28-26(25(21-7-3-1-4-8-21)27(30-31-28)22-9-5-2-6-10-22)29(35)33-15-13-32(14-16-33)18-20-11-12-23-24(17-20)37-19-36-23/h1-12,17H,13-16,18-19H2,(H,31,34). The Bertz CT molecular complexity index is 1480. The third kappa shape index (κ3) is 4.59. The van der Waals surface area contributed by atoms with Gasteiger partial charge in [0.15, 0.2) is 11.5 Å². The summed E-state index contributed by atoms with van der Waals surface area (Å²) in [5.41, 5.74) is 3.54. The van der Waals surface area contributed by atoms with Crippen molar-refractivity contribution in [1.29, 1.82) is 0 Å². The quantitative estimate of drug-likeness (QED) is 0.454. The van der Waals surface area contributed by atoms with Crippen LogP contribution < -0.4 is 15.0 Å². The van der Waals surface area contributed by atoms with E-state index in [-0.39, 0.29) is 18.3 Å². The van der Waals surface area contributed by atoms with Crippen LogP contribution in [0.1, 0.15) is 15.9 Å². The van der Waals surface area contributed by atoms with Crippen molar-refractivity contribution in [1.82, 2.24) is 20.0 Å². The summed E-state index contributed by atoms with van der Waals surface area (Å²) in [5, 5.41) is 6.93. The molecule has 8 heteroatoms. The number of nitrogens with one attached hydrogen (secondary N) is 1. The second-order valence-corrected chi connectivity index (χ2v) is 9.14. The van der Waals surface area contributed by atoms with Gasteiger partial charge in [-0.05, 0) is 23.3 Å². The Morgan fingerprint density at radius 1 is 0.838 bits per heavy atom. The average Bonchev–Trinajstić information content (AvgIpc) is 3.42. The van der Waals surface area contributed by atoms with E-state index in [1.165, 1.54) is 0 Å². The third-order valence-corrected chi connectivity index (χ3v) is 6.81. The predicted molar refractivity (Wildman–Crippen MR) is 139 cm³/mol. The molecule has 0 bridgehead atoms. The van der Waals surface area contributed by atoms with Gasteiger partial charge < -0.3 is 14.4 Å². The van der Waals surface area contributed by atoms with Crippen molar-refractivity contribution in [3.63, 3.8) is 0 Å². The number of carbonyl (C=O) groups excluding carboxylic acids is 1.